The fourth-order valence-electron chi connectivity index (χ4n) is 2.90. The second-order valence-electron chi connectivity index (χ2n) is 5.95. The third-order valence-corrected chi connectivity index (χ3v) is 4.37. The minimum Gasteiger partial charge on any atom is -0.369 e. The fourth-order valence-corrected chi connectivity index (χ4v) is 3.08. The third kappa shape index (κ3) is 8.00. The molecule has 0 amide bonds. The summed E-state index contributed by atoms with van der Waals surface area (Å²) in [5.74, 6) is 0.922. The van der Waals surface area contributed by atoms with Crippen LogP contribution in [0.1, 0.15) is 20.3 Å². The van der Waals surface area contributed by atoms with Crippen LogP contribution in [-0.2, 0) is 0 Å². The van der Waals surface area contributed by atoms with Gasteiger partial charge in [-0.1, -0.05) is 17.7 Å². The topological polar surface area (TPSA) is 42.9 Å². The molecule has 25 heavy (non-hydrogen) atoms. The smallest absolute Gasteiger partial charge is 0.191 e. The number of nitrogens with one attached hydrogen (secondary N) is 2. The van der Waals surface area contributed by atoms with Gasteiger partial charge in [-0.3, -0.25) is 9.89 Å². The van der Waals surface area contributed by atoms with Gasteiger partial charge < -0.3 is 15.5 Å². The molecule has 1 aromatic rings. The predicted molar refractivity (Wildman–Crippen MR) is 120 cm³/mol. The Kier molecular flexibility index (Phi) is 11.2. The fraction of sp³-hybridized carbons (Fsp3) is 0.611. The number of hydrogen-bond donors (Lipinski definition) is 2. The highest BCUT2D eigenvalue weighted by atomic mass is 127. The van der Waals surface area contributed by atoms with Crippen LogP contribution in [0, 0.1) is 0 Å². The zero-order valence-corrected chi connectivity index (χ0v) is 18.4. The molecule has 1 aliphatic rings. The van der Waals surface area contributed by atoms with Crippen LogP contribution in [0.15, 0.2) is 29.3 Å². The van der Waals surface area contributed by atoms with Gasteiger partial charge in [0.25, 0.3) is 0 Å². The molecule has 0 aliphatic carbocycles. The van der Waals surface area contributed by atoms with Gasteiger partial charge in [0, 0.05) is 63.1 Å². The zero-order chi connectivity index (χ0) is 17.2. The van der Waals surface area contributed by atoms with Gasteiger partial charge >= 0.3 is 0 Å². The lowest BCUT2D eigenvalue weighted by Crippen LogP contribution is -2.46. The summed E-state index contributed by atoms with van der Waals surface area (Å²) in [5, 5.41) is 7.33. The van der Waals surface area contributed by atoms with Crippen LogP contribution in [0.25, 0.3) is 0 Å². The number of anilines is 1. The van der Waals surface area contributed by atoms with Gasteiger partial charge in [-0.05, 0) is 38.5 Å². The van der Waals surface area contributed by atoms with Crippen molar-refractivity contribution in [3.63, 3.8) is 0 Å². The molecule has 0 unspecified atom stereocenters. The van der Waals surface area contributed by atoms with Gasteiger partial charge in [0.2, 0.25) is 0 Å². The molecule has 2 rings (SSSR count). The van der Waals surface area contributed by atoms with Crippen molar-refractivity contribution in [3.8, 4) is 0 Å². The van der Waals surface area contributed by atoms with E-state index in [0.717, 1.165) is 69.8 Å². The van der Waals surface area contributed by atoms with Crippen LogP contribution in [0.3, 0.4) is 0 Å². The van der Waals surface area contributed by atoms with Crippen LogP contribution in [0.2, 0.25) is 5.02 Å². The molecular formula is C18H31ClIN5. The Labute approximate surface area is 174 Å². The summed E-state index contributed by atoms with van der Waals surface area (Å²) in [6, 6.07) is 8.14. The second-order valence-corrected chi connectivity index (χ2v) is 6.39. The highest BCUT2D eigenvalue weighted by molar-refractivity contribution is 14.0. The number of rotatable bonds is 7. The van der Waals surface area contributed by atoms with E-state index in [4.69, 9.17) is 11.6 Å². The zero-order valence-electron chi connectivity index (χ0n) is 15.3. The summed E-state index contributed by atoms with van der Waals surface area (Å²) in [7, 11) is 0. The first-order chi connectivity index (χ1) is 11.7. The molecule has 0 bridgehead atoms. The van der Waals surface area contributed by atoms with Crippen molar-refractivity contribution in [2.24, 2.45) is 4.99 Å². The van der Waals surface area contributed by atoms with E-state index >= 15 is 0 Å². The number of halogens is 2. The molecule has 1 heterocycles. The molecule has 1 saturated heterocycles. The highest BCUT2D eigenvalue weighted by Gasteiger charge is 2.16. The van der Waals surface area contributed by atoms with E-state index in [-0.39, 0.29) is 24.0 Å². The molecule has 0 radical (unpaired) electrons. The number of aliphatic imine (C=N–C) groups is 1. The summed E-state index contributed by atoms with van der Waals surface area (Å²) in [6.45, 7) is 12.3. The van der Waals surface area contributed by atoms with E-state index in [2.05, 4.69) is 51.4 Å². The standard InChI is InChI=1S/C18H30ClN5.HI/c1-3-20-18(21-4-2)22-9-6-10-23-11-13-24(14-12-23)17-8-5-7-16(19)15-17;/h5,7-8,15H,3-4,6,9-14H2,1-2H3,(H2,20,21,22);1H. The van der Waals surface area contributed by atoms with Crippen molar-refractivity contribution in [2.75, 3.05) is 57.3 Å². The van der Waals surface area contributed by atoms with E-state index in [1.54, 1.807) is 0 Å². The number of nitrogens with zero attached hydrogens (tertiary/aromatic N) is 3. The highest BCUT2D eigenvalue weighted by Crippen LogP contribution is 2.20. The minimum absolute atomic E-state index is 0. The van der Waals surface area contributed by atoms with Crippen molar-refractivity contribution in [1.82, 2.24) is 15.5 Å². The van der Waals surface area contributed by atoms with Crippen LogP contribution < -0.4 is 15.5 Å². The van der Waals surface area contributed by atoms with E-state index in [1.807, 2.05) is 12.1 Å². The summed E-state index contributed by atoms with van der Waals surface area (Å²) in [6.07, 6.45) is 1.09. The SMILES string of the molecule is CCNC(=NCCCN1CCN(c2cccc(Cl)c2)CC1)NCC.I. The number of hydrogen-bond acceptors (Lipinski definition) is 3. The van der Waals surface area contributed by atoms with Crippen molar-refractivity contribution < 1.29 is 0 Å². The largest absolute Gasteiger partial charge is 0.369 e. The monoisotopic (exact) mass is 479 g/mol. The first-order valence-electron chi connectivity index (χ1n) is 8.98. The number of piperazine rings is 1. The Bertz CT molecular complexity index is 510. The normalized spacial score (nSPS) is 14.6. The lowest BCUT2D eigenvalue weighted by molar-refractivity contribution is 0.256. The number of benzene rings is 1. The Morgan fingerprint density at radius 3 is 2.40 bits per heavy atom. The summed E-state index contributed by atoms with van der Waals surface area (Å²) >= 11 is 6.09. The lowest BCUT2D eigenvalue weighted by atomic mass is 10.2. The van der Waals surface area contributed by atoms with E-state index in [9.17, 15) is 0 Å². The number of guanidine groups is 1. The Morgan fingerprint density at radius 2 is 1.80 bits per heavy atom. The second kappa shape index (κ2) is 12.6. The molecule has 0 aromatic heterocycles. The van der Waals surface area contributed by atoms with Crippen LogP contribution >= 0.6 is 35.6 Å². The Morgan fingerprint density at radius 1 is 1.12 bits per heavy atom. The Balaban J connectivity index is 0.00000312. The summed E-state index contributed by atoms with van der Waals surface area (Å²) in [5.41, 5.74) is 1.23. The van der Waals surface area contributed by atoms with Gasteiger partial charge in [0.05, 0.1) is 0 Å². The minimum atomic E-state index is 0. The summed E-state index contributed by atoms with van der Waals surface area (Å²) < 4.78 is 0. The maximum atomic E-state index is 6.09. The average molecular weight is 480 g/mol. The molecule has 5 nitrogen and oxygen atoms in total. The first kappa shape index (κ1) is 22.3. The van der Waals surface area contributed by atoms with Crippen molar-refractivity contribution in [3.05, 3.63) is 29.3 Å². The van der Waals surface area contributed by atoms with E-state index in [1.165, 1.54) is 5.69 Å². The average Bonchev–Trinajstić information content (AvgIpc) is 2.59. The van der Waals surface area contributed by atoms with E-state index in [0.29, 0.717) is 0 Å². The molecule has 2 N–H and O–H groups in total. The summed E-state index contributed by atoms with van der Waals surface area (Å²) in [4.78, 5) is 9.54. The van der Waals surface area contributed by atoms with Crippen LogP contribution in [-0.4, -0.2) is 63.2 Å². The van der Waals surface area contributed by atoms with Gasteiger partial charge in [0.15, 0.2) is 5.96 Å². The van der Waals surface area contributed by atoms with E-state index < -0.39 is 0 Å². The Hall–Kier alpha value is -0.730. The van der Waals surface area contributed by atoms with Gasteiger partial charge in [-0.25, -0.2) is 0 Å². The van der Waals surface area contributed by atoms with Crippen LogP contribution in [0.4, 0.5) is 5.69 Å². The molecule has 0 saturated carbocycles. The van der Waals surface area contributed by atoms with Crippen molar-refractivity contribution in [2.45, 2.75) is 20.3 Å². The molecule has 1 fully saturated rings. The predicted octanol–water partition coefficient (Wildman–Crippen LogP) is 3.05. The molecule has 7 heteroatoms. The molecular weight excluding hydrogens is 449 g/mol. The lowest BCUT2D eigenvalue weighted by Gasteiger charge is -2.36. The quantitative estimate of drug-likeness (QED) is 0.273. The molecule has 1 aliphatic heterocycles. The van der Waals surface area contributed by atoms with Crippen molar-refractivity contribution in [1.29, 1.82) is 0 Å². The molecule has 0 atom stereocenters. The van der Waals surface area contributed by atoms with Gasteiger partial charge in [-0.15, -0.1) is 24.0 Å². The van der Waals surface area contributed by atoms with Gasteiger partial charge in [-0.2, -0.15) is 0 Å². The maximum Gasteiger partial charge on any atom is 0.191 e. The maximum absolute atomic E-state index is 6.09. The molecule has 0 spiro atoms. The first-order valence-corrected chi connectivity index (χ1v) is 9.35. The van der Waals surface area contributed by atoms with Gasteiger partial charge in [0.1, 0.15) is 0 Å². The van der Waals surface area contributed by atoms with Crippen LogP contribution in [0.5, 0.6) is 0 Å². The molecule has 1 aromatic carbocycles. The van der Waals surface area contributed by atoms with Crippen molar-refractivity contribution >= 4 is 47.2 Å². The molecule has 142 valence electrons. The third-order valence-electron chi connectivity index (χ3n) is 4.14.